The summed E-state index contributed by atoms with van der Waals surface area (Å²) in [6.07, 6.45) is 1.16. The maximum Gasteiger partial charge on any atom is 0.407 e. The average Bonchev–Trinajstić information content (AvgIpc) is 2.93. The van der Waals surface area contributed by atoms with Crippen LogP contribution in [0.5, 0.6) is 0 Å². The van der Waals surface area contributed by atoms with Gasteiger partial charge in [-0.05, 0) is 58.1 Å². The fraction of sp³-hybridized carbons (Fsp3) is 0.735. The van der Waals surface area contributed by atoms with Crippen molar-refractivity contribution in [3.63, 3.8) is 0 Å². The predicted octanol–water partition coefficient (Wildman–Crippen LogP) is 6.56. The zero-order valence-electron chi connectivity index (χ0n) is 27.2. The number of nitrogens with one attached hydrogen (secondary N) is 2. The summed E-state index contributed by atoms with van der Waals surface area (Å²) >= 11 is 0. The predicted molar refractivity (Wildman–Crippen MR) is 179 cm³/mol. The minimum Gasteiger partial charge on any atom is -0.449 e. The number of alkyl carbamates (subject to hydrolysis) is 1. The van der Waals surface area contributed by atoms with Crippen LogP contribution in [0.15, 0.2) is 24.3 Å². The van der Waals surface area contributed by atoms with Crippen molar-refractivity contribution < 1.29 is 38.1 Å². The molecule has 0 radical (unpaired) electrons. The highest BCUT2D eigenvalue weighted by Crippen LogP contribution is 2.09. The number of amides is 2. The zero-order valence-corrected chi connectivity index (χ0v) is 27.2. The van der Waals surface area contributed by atoms with Crippen LogP contribution >= 0.6 is 0 Å². The van der Waals surface area contributed by atoms with E-state index in [9.17, 15) is 14.4 Å². The zero-order chi connectivity index (χ0) is 31.8. The lowest BCUT2D eigenvalue weighted by Crippen LogP contribution is -2.29. The van der Waals surface area contributed by atoms with Gasteiger partial charge in [0.05, 0.1) is 51.8 Å². The van der Waals surface area contributed by atoms with E-state index in [4.69, 9.17) is 23.7 Å². The van der Waals surface area contributed by atoms with Gasteiger partial charge in [0.1, 0.15) is 0 Å². The molecule has 0 aliphatic rings. The van der Waals surface area contributed by atoms with Gasteiger partial charge >= 0.3 is 6.09 Å². The molecule has 1 aromatic rings. The van der Waals surface area contributed by atoms with E-state index in [1.807, 2.05) is 55.4 Å². The Morgan fingerprint density at radius 2 is 1.18 bits per heavy atom. The lowest BCUT2D eigenvalue weighted by molar-refractivity contribution is 0.0188. The van der Waals surface area contributed by atoms with E-state index in [-0.39, 0.29) is 44.8 Å². The summed E-state index contributed by atoms with van der Waals surface area (Å²) in [5.74, 6) is 0.718. The highest BCUT2D eigenvalue weighted by Gasteiger charge is 2.09. The van der Waals surface area contributed by atoms with Crippen molar-refractivity contribution in [2.75, 3.05) is 59.3 Å². The summed E-state index contributed by atoms with van der Waals surface area (Å²) in [4.78, 5) is 35.2. The van der Waals surface area contributed by atoms with E-state index in [0.29, 0.717) is 95.1 Å². The fourth-order valence-electron chi connectivity index (χ4n) is 3.09. The van der Waals surface area contributed by atoms with Crippen molar-refractivity contribution in [3.05, 3.63) is 35.4 Å². The molecule has 0 saturated heterocycles. The molecule has 0 aromatic heterocycles. The van der Waals surface area contributed by atoms with Gasteiger partial charge < -0.3 is 34.3 Å². The lowest BCUT2D eigenvalue weighted by atomic mass is 10.0. The Bertz CT molecular complexity index is 842. The first kappa shape index (κ1) is 45.9. The molecule has 0 aliphatic carbocycles. The first-order valence-corrected chi connectivity index (χ1v) is 15.1. The van der Waals surface area contributed by atoms with Crippen molar-refractivity contribution in [1.29, 1.82) is 0 Å². The molecule has 0 saturated carbocycles. The molecule has 258 valence electrons. The first-order chi connectivity index (χ1) is 19.9. The molecule has 44 heavy (non-hydrogen) atoms. The fourth-order valence-corrected chi connectivity index (χ4v) is 3.09. The molecule has 0 heterocycles. The summed E-state index contributed by atoms with van der Waals surface area (Å²) < 4.78 is 26.3. The standard InChI is InChI=1S/C20H31NO4.C12H25NO4.2CH4/c1-15(2)14-21-20(23)18-9-7-17(8-10-18)19(22)6-5-11-24-12-13-25-16(3)4;1-10(2)9-17-12(14)13-5-6-15-7-8-16-11(3)4;;/h7-10,15-16H,5-6,11-14H2,1-4H3,(H,21,23);10-11H,5-9H2,1-4H3,(H,13,14);2*1H4. The van der Waals surface area contributed by atoms with Gasteiger partial charge in [-0.3, -0.25) is 9.59 Å². The second kappa shape index (κ2) is 29.2. The molecule has 0 bridgehead atoms. The maximum atomic E-state index is 12.1. The van der Waals surface area contributed by atoms with E-state index < -0.39 is 0 Å². The number of ether oxygens (including phenoxy) is 5. The van der Waals surface area contributed by atoms with Gasteiger partial charge in [-0.25, -0.2) is 4.79 Å². The van der Waals surface area contributed by atoms with Gasteiger partial charge in [-0.1, -0.05) is 54.7 Å². The van der Waals surface area contributed by atoms with Gasteiger partial charge in [-0.2, -0.15) is 0 Å². The molecule has 10 heteroatoms. The number of carbonyl (C=O) groups is 3. The SMILES string of the molecule is C.C.CC(C)CNC(=O)c1ccc(C(=O)CCCOCCOC(C)C)cc1.CC(C)COC(=O)NCCOCCOC(C)C. The highest BCUT2D eigenvalue weighted by atomic mass is 16.6. The number of Topliss-reactive ketones (excluding diaryl/α,β-unsaturated/α-hetero) is 1. The second-order valence-corrected chi connectivity index (χ2v) is 11.2. The molecule has 0 unspecified atom stereocenters. The summed E-state index contributed by atoms with van der Waals surface area (Å²) in [6, 6.07) is 6.82. The monoisotopic (exact) mass is 628 g/mol. The normalized spacial score (nSPS) is 10.5. The van der Waals surface area contributed by atoms with E-state index in [1.54, 1.807) is 24.3 Å². The average molecular weight is 629 g/mol. The van der Waals surface area contributed by atoms with Crippen LogP contribution in [0.25, 0.3) is 0 Å². The van der Waals surface area contributed by atoms with Crippen LogP contribution < -0.4 is 10.6 Å². The Balaban J connectivity index is -0.000000782. The third kappa shape index (κ3) is 28.3. The van der Waals surface area contributed by atoms with Crippen molar-refractivity contribution in [1.82, 2.24) is 10.6 Å². The molecule has 0 atom stereocenters. The number of carbonyl (C=O) groups excluding carboxylic acids is 3. The Morgan fingerprint density at radius 3 is 1.68 bits per heavy atom. The summed E-state index contributed by atoms with van der Waals surface area (Å²) in [5, 5.41) is 5.47. The van der Waals surface area contributed by atoms with Crippen LogP contribution in [0.2, 0.25) is 0 Å². The van der Waals surface area contributed by atoms with Crippen LogP contribution in [-0.2, 0) is 23.7 Å². The van der Waals surface area contributed by atoms with E-state index in [1.165, 1.54) is 0 Å². The Morgan fingerprint density at radius 1 is 0.659 bits per heavy atom. The number of rotatable bonds is 21. The van der Waals surface area contributed by atoms with Crippen LogP contribution in [0.3, 0.4) is 0 Å². The van der Waals surface area contributed by atoms with E-state index >= 15 is 0 Å². The Kier molecular flexibility index (Phi) is 30.5. The van der Waals surface area contributed by atoms with E-state index in [2.05, 4.69) is 10.6 Å². The molecule has 1 rings (SSSR count). The topological polar surface area (TPSA) is 121 Å². The second-order valence-electron chi connectivity index (χ2n) is 11.2. The molecule has 2 N–H and O–H groups in total. The van der Waals surface area contributed by atoms with Crippen molar-refractivity contribution in [3.8, 4) is 0 Å². The minimum atomic E-state index is -0.388. The molecule has 0 fully saturated rings. The summed E-state index contributed by atoms with van der Waals surface area (Å²) in [6.45, 7) is 20.8. The van der Waals surface area contributed by atoms with Crippen molar-refractivity contribution in [2.45, 2.75) is 95.3 Å². The molecule has 1 aromatic carbocycles. The molecule has 0 aliphatic heterocycles. The maximum absolute atomic E-state index is 12.1. The number of hydrogen-bond acceptors (Lipinski definition) is 8. The first-order valence-electron chi connectivity index (χ1n) is 15.1. The van der Waals surface area contributed by atoms with Gasteiger partial charge in [0.2, 0.25) is 0 Å². The van der Waals surface area contributed by atoms with Crippen molar-refractivity contribution in [2.24, 2.45) is 11.8 Å². The minimum absolute atomic E-state index is 0. The number of ketones is 1. The molecule has 2 amide bonds. The Hall–Kier alpha value is -2.53. The Labute approximate surface area is 268 Å². The number of hydrogen-bond donors (Lipinski definition) is 2. The van der Waals surface area contributed by atoms with Gasteiger partial charge in [0.25, 0.3) is 5.91 Å². The van der Waals surface area contributed by atoms with Crippen LogP contribution in [0.4, 0.5) is 4.79 Å². The van der Waals surface area contributed by atoms with Crippen LogP contribution in [0, 0.1) is 11.8 Å². The third-order valence-corrected chi connectivity index (χ3v) is 5.25. The van der Waals surface area contributed by atoms with Gasteiger partial charge in [-0.15, -0.1) is 0 Å². The summed E-state index contributed by atoms with van der Waals surface area (Å²) in [7, 11) is 0. The quantitative estimate of drug-likeness (QED) is 0.116. The van der Waals surface area contributed by atoms with Crippen molar-refractivity contribution >= 4 is 17.8 Å². The largest absolute Gasteiger partial charge is 0.449 e. The summed E-state index contributed by atoms with van der Waals surface area (Å²) in [5.41, 5.74) is 1.20. The molecular formula is C34H64N2O8. The van der Waals surface area contributed by atoms with Gasteiger partial charge in [0, 0.05) is 37.2 Å². The van der Waals surface area contributed by atoms with Crippen LogP contribution in [-0.4, -0.2) is 89.3 Å². The lowest BCUT2D eigenvalue weighted by Gasteiger charge is -2.10. The third-order valence-electron chi connectivity index (χ3n) is 5.25. The molecular weight excluding hydrogens is 564 g/mol. The van der Waals surface area contributed by atoms with Crippen LogP contribution in [0.1, 0.15) is 104 Å². The highest BCUT2D eigenvalue weighted by molar-refractivity contribution is 5.98. The molecule has 0 spiro atoms. The number of benzene rings is 1. The smallest absolute Gasteiger partial charge is 0.407 e. The molecule has 10 nitrogen and oxygen atoms in total. The van der Waals surface area contributed by atoms with E-state index in [0.717, 1.165) is 0 Å². The van der Waals surface area contributed by atoms with Gasteiger partial charge in [0.15, 0.2) is 5.78 Å².